The van der Waals surface area contributed by atoms with Crippen molar-refractivity contribution < 1.29 is 32.8 Å². The van der Waals surface area contributed by atoms with E-state index in [2.05, 4.69) is 123 Å². The molecule has 0 radical (unpaired) electrons. The van der Waals surface area contributed by atoms with Crippen molar-refractivity contribution >= 4 is 13.8 Å². The number of nitrogens with two attached hydrogens (primary N) is 1. The highest BCUT2D eigenvalue weighted by molar-refractivity contribution is 7.47. The molecule has 2 unspecified atom stereocenters. The van der Waals surface area contributed by atoms with Gasteiger partial charge in [0.1, 0.15) is 6.10 Å². The fourth-order valence-electron chi connectivity index (χ4n) is 5.95. The summed E-state index contributed by atoms with van der Waals surface area (Å²) in [5.41, 5.74) is 5.38. The summed E-state index contributed by atoms with van der Waals surface area (Å²) < 4.78 is 33.4. The molecule has 0 aliphatic rings. The van der Waals surface area contributed by atoms with Crippen LogP contribution in [0.3, 0.4) is 0 Å². The fraction of sp³-hybridized carbons (Fsp3) is 0.604. The molecule has 0 aromatic rings. The number of esters is 1. The lowest BCUT2D eigenvalue weighted by Crippen LogP contribution is -2.28. The number of ether oxygens (including phenoxy) is 2. The normalized spacial score (nSPS) is 14.5. The summed E-state index contributed by atoms with van der Waals surface area (Å²) in [6.07, 6.45) is 68.2. The zero-order valence-electron chi connectivity index (χ0n) is 39.1. The summed E-state index contributed by atoms with van der Waals surface area (Å²) in [5, 5.41) is 0. The fourth-order valence-corrected chi connectivity index (χ4v) is 6.72. The van der Waals surface area contributed by atoms with Crippen LogP contribution < -0.4 is 5.73 Å². The molecular formula is C53H88NO7P. The molecule has 0 spiro atoms. The van der Waals surface area contributed by atoms with E-state index in [4.69, 9.17) is 24.3 Å². The molecule has 0 amide bonds. The molecule has 0 bridgehead atoms. The topological polar surface area (TPSA) is 117 Å². The Morgan fingerprint density at radius 3 is 1.27 bits per heavy atom. The Morgan fingerprint density at radius 1 is 0.484 bits per heavy atom. The van der Waals surface area contributed by atoms with Crippen molar-refractivity contribution in [3.05, 3.63) is 122 Å². The Bertz CT molecular complexity index is 1360. The second-order valence-electron chi connectivity index (χ2n) is 15.2. The van der Waals surface area contributed by atoms with E-state index in [1.807, 2.05) is 12.2 Å². The summed E-state index contributed by atoms with van der Waals surface area (Å²) in [5.74, 6) is -0.417. The van der Waals surface area contributed by atoms with E-state index in [-0.39, 0.29) is 32.8 Å². The minimum absolute atomic E-state index is 0.0754. The maximum absolute atomic E-state index is 12.6. The zero-order chi connectivity index (χ0) is 45.1. The number of rotatable bonds is 44. The van der Waals surface area contributed by atoms with Gasteiger partial charge in [-0.1, -0.05) is 193 Å². The van der Waals surface area contributed by atoms with Crippen LogP contribution in [0.25, 0.3) is 0 Å². The average Bonchev–Trinajstić information content (AvgIpc) is 3.26. The highest BCUT2D eigenvalue weighted by atomic mass is 31.2. The van der Waals surface area contributed by atoms with Gasteiger partial charge < -0.3 is 20.1 Å². The molecule has 8 nitrogen and oxygen atoms in total. The number of hydrogen-bond acceptors (Lipinski definition) is 7. The van der Waals surface area contributed by atoms with E-state index in [9.17, 15) is 14.3 Å². The van der Waals surface area contributed by atoms with Crippen molar-refractivity contribution in [2.75, 3.05) is 33.0 Å². The van der Waals surface area contributed by atoms with Gasteiger partial charge in [0.15, 0.2) is 0 Å². The predicted octanol–water partition coefficient (Wildman–Crippen LogP) is 15.0. The van der Waals surface area contributed by atoms with Gasteiger partial charge >= 0.3 is 13.8 Å². The number of carbonyl (C=O) groups excluding carboxylic acids is 1. The summed E-state index contributed by atoms with van der Waals surface area (Å²) >= 11 is 0. The van der Waals surface area contributed by atoms with Crippen LogP contribution in [0.2, 0.25) is 0 Å². The van der Waals surface area contributed by atoms with E-state index < -0.39 is 19.9 Å². The molecule has 62 heavy (non-hydrogen) atoms. The second-order valence-corrected chi connectivity index (χ2v) is 16.7. The lowest BCUT2D eigenvalue weighted by Gasteiger charge is -2.20. The first-order valence-corrected chi connectivity index (χ1v) is 25.5. The molecule has 352 valence electrons. The third-order valence-corrected chi connectivity index (χ3v) is 10.4. The van der Waals surface area contributed by atoms with Crippen molar-refractivity contribution in [2.24, 2.45) is 5.73 Å². The highest BCUT2D eigenvalue weighted by Gasteiger charge is 2.25. The van der Waals surface area contributed by atoms with Gasteiger partial charge in [-0.05, 0) is 89.9 Å². The first-order chi connectivity index (χ1) is 30.4. The summed E-state index contributed by atoms with van der Waals surface area (Å²) in [7, 11) is -4.31. The van der Waals surface area contributed by atoms with E-state index in [1.165, 1.54) is 64.2 Å². The monoisotopic (exact) mass is 882 g/mol. The number of carbonyl (C=O) groups is 1. The maximum Gasteiger partial charge on any atom is 0.472 e. The maximum atomic E-state index is 12.6. The van der Waals surface area contributed by atoms with Crippen LogP contribution in [-0.2, 0) is 27.9 Å². The lowest BCUT2D eigenvalue weighted by atomic mass is 10.1. The van der Waals surface area contributed by atoms with Gasteiger partial charge in [-0.2, -0.15) is 0 Å². The van der Waals surface area contributed by atoms with Gasteiger partial charge in [0.2, 0.25) is 0 Å². The zero-order valence-corrected chi connectivity index (χ0v) is 39.9. The summed E-state index contributed by atoms with van der Waals surface area (Å²) in [4.78, 5) is 22.5. The van der Waals surface area contributed by atoms with Crippen LogP contribution in [0, 0.1) is 0 Å². The van der Waals surface area contributed by atoms with Crippen LogP contribution in [-0.4, -0.2) is 49.9 Å². The van der Waals surface area contributed by atoms with Gasteiger partial charge in [-0.3, -0.25) is 13.8 Å². The highest BCUT2D eigenvalue weighted by Crippen LogP contribution is 2.43. The SMILES string of the molecule is CC/C=C\C/C=C\C/C=C\C/C=C\C/C=C\C/C=C\CCC(=O)OC(COCCCCCCCCCCCCC/C=C\C/C=C\C/C=C\C/C=C\CC)COP(=O)(O)OCCN. The second kappa shape index (κ2) is 48.9. The first kappa shape index (κ1) is 58.9. The predicted molar refractivity (Wildman–Crippen MR) is 265 cm³/mol. The number of unbranched alkanes of at least 4 members (excludes halogenated alkanes) is 11. The van der Waals surface area contributed by atoms with Gasteiger partial charge in [-0.25, -0.2) is 4.57 Å². The molecule has 0 aliphatic heterocycles. The Labute approximate surface area is 379 Å². The molecule has 0 aromatic heterocycles. The molecule has 0 saturated heterocycles. The molecule has 3 N–H and O–H groups in total. The Balaban J connectivity index is 4.10. The Morgan fingerprint density at radius 2 is 0.855 bits per heavy atom. The Hall–Kier alpha value is -3.10. The van der Waals surface area contributed by atoms with Gasteiger partial charge in [-0.15, -0.1) is 0 Å². The van der Waals surface area contributed by atoms with Crippen molar-refractivity contribution in [2.45, 2.75) is 174 Å². The number of hydrogen-bond donors (Lipinski definition) is 2. The molecule has 9 heteroatoms. The lowest BCUT2D eigenvalue weighted by molar-refractivity contribution is -0.154. The summed E-state index contributed by atoms with van der Waals surface area (Å²) in [6.45, 7) is 4.56. The number of phosphoric ester groups is 1. The van der Waals surface area contributed by atoms with Crippen molar-refractivity contribution in [3.63, 3.8) is 0 Å². The van der Waals surface area contributed by atoms with Gasteiger partial charge in [0, 0.05) is 19.6 Å². The Kier molecular flexibility index (Phi) is 46.5. The molecular weight excluding hydrogens is 794 g/mol. The quantitative estimate of drug-likeness (QED) is 0.0269. The summed E-state index contributed by atoms with van der Waals surface area (Å²) in [6, 6.07) is 0. The van der Waals surface area contributed by atoms with Crippen LogP contribution >= 0.6 is 7.82 Å². The molecule has 0 aliphatic carbocycles. The van der Waals surface area contributed by atoms with E-state index in [0.29, 0.717) is 13.0 Å². The average molecular weight is 882 g/mol. The largest absolute Gasteiger partial charge is 0.472 e. The molecule has 0 rings (SSSR count). The van der Waals surface area contributed by atoms with Crippen LogP contribution in [0.4, 0.5) is 0 Å². The third kappa shape index (κ3) is 47.9. The molecule has 0 heterocycles. The molecule has 0 fully saturated rings. The van der Waals surface area contributed by atoms with Crippen LogP contribution in [0.15, 0.2) is 122 Å². The van der Waals surface area contributed by atoms with E-state index in [1.54, 1.807) is 0 Å². The van der Waals surface area contributed by atoms with Crippen molar-refractivity contribution in [1.29, 1.82) is 0 Å². The van der Waals surface area contributed by atoms with Gasteiger partial charge in [0.05, 0.1) is 19.8 Å². The third-order valence-electron chi connectivity index (χ3n) is 9.39. The van der Waals surface area contributed by atoms with E-state index >= 15 is 0 Å². The minimum Gasteiger partial charge on any atom is -0.457 e. The molecule has 0 saturated carbocycles. The standard InChI is InChI=1S/C53H88NO7P/c1-3-5-7-9-11-13-15-17-19-21-23-24-25-26-27-29-31-33-35-37-39-41-43-45-48-58-50-52(51-60-62(56,57)59-49-47-54)61-53(55)46-44-42-40-38-36-34-32-30-28-22-20-18-16-14-12-10-8-6-4-2/h5-8,11-14,17-20,23-24,28,30,34,36,40,42,52H,3-4,9-10,15-16,21-22,25-27,29,31-33,35,37-39,41,43-51,54H2,1-2H3,(H,56,57)/b7-5-,8-6-,13-11-,14-12-,19-17-,20-18-,24-23-,30-28-,36-34-,42-40-. The first-order valence-electron chi connectivity index (χ1n) is 24.0. The smallest absolute Gasteiger partial charge is 0.457 e. The van der Waals surface area contributed by atoms with Crippen molar-refractivity contribution in [1.82, 2.24) is 0 Å². The van der Waals surface area contributed by atoms with Crippen LogP contribution in [0.1, 0.15) is 168 Å². The minimum atomic E-state index is -4.31. The van der Waals surface area contributed by atoms with Crippen LogP contribution in [0.5, 0.6) is 0 Å². The van der Waals surface area contributed by atoms with Crippen molar-refractivity contribution in [3.8, 4) is 0 Å². The van der Waals surface area contributed by atoms with Gasteiger partial charge in [0.25, 0.3) is 0 Å². The molecule has 0 aromatic carbocycles. The molecule has 2 atom stereocenters. The number of allylic oxidation sites excluding steroid dienone is 20. The number of phosphoric acid groups is 1. The van der Waals surface area contributed by atoms with E-state index in [0.717, 1.165) is 77.0 Å².